The summed E-state index contributed by atoms with van der Waals surface area (Å²) in [5.41, 5.74) is 0.765. The number of unbranched alkanes of at least 4 members (excludes halogenated alkanes) is 4. The second-order valence-electron chi connectivity index (χ2n) is 8.47. The molecule has 182 valence electrons. The molecule has 1 fully saturated rings. The van der Waals surface area contributed by atoms with E-state index in [0.29, 0.717) is 25.6 Å². The van der Waals surface area contributed by atoms with E-state index < -0.39 is 6.23 Å². The van der Waals surface area contributed by atoms with E-state index in [9.17, 15) is 4.79 Å². The fraction of sp³-hybridized carbons (Fsp3) is 0.542. The van der Waals surface area contributed by atoms with Crippen molar-refractivity contribution in [3.8, 4) is 5.75 Å². The van der Waals surface area contributed by atoms with Crippen molar-refractivity contribution in [2.75, 3.05) is 19.7 Å². The number of rotatable bonds is 11. The van der Waals surface area contributed by atoms with Gasteiger partial charge < -0.3 is 14.4 Å². The van der Waals surface area contributed by atoms with Gasteiger partial charge >= 0.3 is 6.09 Å². The minimum Gasteiger partial charge on any atom is -0.463 e. The first-order chi connectivity index (χ1) is 16.7. The summed E-state index contributed by atoms with van der Waals surface area (Å²) in [6, 6.07) is 9.57. The molecule has 9 nitrogen and oxygen atoms in total. The van der Waals surface area contributed by atoms with Gasteiger partial charge in [-0.15, -0.1) is 16.4 Å². The molecule has 0 radical (unpaired) electrons. The van der Waals surface area contributed by atoms with Gasteiger partial charge in [0.2, 0.25) is 6.23 Å². The lowest BCUT2D eigenvalue weighted by Crippen LogP contribution is -2.38. The molecule has 1 aromatic carbocycles. The van der Waals surface area contributed by atoms with Crippen LogP contribution in [0.25, 0.3) is 0 Å². The zero-order valence-electron chi connectivity index (χ0n) is 19.6. The molecule has 0 bridgehead atoms. The normalized spacial score (nSPS) is 15.3. The molecule has 0 saturated carbocycles. The lowest BCUT2D eigenvalue weighted by molar-refractivity contribution is 0.0911. The third-order valence-electron chi connectivity index (χ3n) is 5.96. The summed E-state index contributed by atoms with van der Waals surface area (Å²) >= 11 is 1.62. The van der Waals surface area contributed by atoms with E-state index in [4.69, 9.17) is 14.5 Å². The first-order valence-corrected chi connectivity index (χ1v) is 12.9. The Hall–Kier alpha value is -3.01. The van der Waals surface area contributed by atoms with Crippen molar-refractivity contribution in [2.24, 2.45) is 0 Å². The highest BCUT2D eigenvalue weighted by Crippen LogP contribution is 2.33. The van der Waals surface area contributed by atoms with Gasteiger partial charge in [-0.2, -0.15) is 4.68 Å². The molecule has 2 aromatic heterocycles. The van der Waals surface area contributed by atoms with Crippen LogP contribution in [-0.4, -0.2) is 55.9 Å². The maximum absolute atomic E-state index is 12.4. The van der Waals surface area contributed by atoms with Gasteiger partial charge in [-0.25, -0.2) is 9.78 Å². The first kappa shape index (κ1) is 24.1. The third-order valence-corrected chi connectivity index (χ3v) is 6.99. The Balaban J connectivity index is 1.30. The Bertz CT molecular complexity index is 989. The number of ether oxygens (including phenoxy) is 2. The van der Waals surface area contributed by atoms with Crippen molar-refractivity contribution in [1.29, 1.82) is 0 Å². The lowest BCUT2D eigenvalue weighted by atomic mass is 9.98. The van der Waals surface area contributed by atoms with E-state index in [-0.39, 0.29) is 6.09 Å². The van der Waals surface area contributed by atoms with Crippen LogP contribution in [0.15, 0.2) is 42.0 Å². The van der Waals surface area contributed by atoms with Crippen LogP contribution >= 0.6 is 11.3 Å². The highest BCUT2D eigenvalue weighted by atomic mass is 32.1. The van der Waals surface area contributed by atoms with Crippen LogP contribution < -0.4 is 4.74 Å². The molecule has 1 amide bonds. The number of benzene rings is 1. The molecule has 1 saturated heterocycles. The second kappa shape index (κ2) is 12.5. The summed E-state index contributed by atoms with van der Waals surface area (Å²) in [5, 5.41) is 14.6. The van der Waals surface area contributed by atoms with Crippen LogP contribution in [0.4, 0.5) is 4.79 Å². The van der Waals surface area contributed by atoms with Gasteiger partial charge in [0.15, 0.2) is 0 Å². The number of hydrogen-bond donors (Lipinski definition) is 0. The monoisotopic (exact) mass is 484 g/mol. The smallest absolute Gasteiger partial charge is 0.409 e. The number of aromatic nitrogens is 5. The molecule has 1 aliphatic rings. The van der Waals surface area contributed by atoms with E-state index in [2.05, 4.69) is 22.4 Å². The molecular weight excluding hydrogens is 452 g/mol. The van der Waals surface area contributed by atoms with E-state index in [1.807, 2.05) is 40.6 Å². The van der Waals surface area contributed by atoms with E-state index in [0.717, 1.165) is 42.1 Å². The first-order valence-electron chi connectivity index (χ1n) is 12.1. The van der Waals surface area contributed by atoms with Crippen molar-refractivity contribution in [3.05, 3.63) is 52.7 Å². The summed E-state index contributed by atoms with van der Waals surface area (Å²) in [6.45, 7) is 4.08. The minimum atomic E-state index is -0.546. The minimum absolute atomic E-state index is 0.191. The topological polar surface area (TPSA) is 95.3 Å². The Kier molecular flexibility index (Phi) is 8.84. The summed E-state index contributed by atoms with van der Waals surface area (Å²) in [4.78, 5) is 19.1. The second-order valence-corrected chi connectivity index (χ2v) is 9.36. The zero-order chi connectivity index (χ0) is 23.6. The van der Waals surface area contributed by atoms with E-state index in [1.54, 1.807) is 16.0 Å². The number of tetrazole rings is 1. The number of nitrogens with zero attached hydrogens (tertiary/aromatic N) is 6. The molecule has 0 spiro atoms. The fourth-order valence-corrected chi connectivity index (χ4v) is 5.02. The molecule has 1 atom stereocenters. The number of carbonyl (C=O) groups is 1. The van der Waals surface area contributed by atoms with Crippen LogP contribution in [0.2, 0.25) is 0 Å². The van der Waals surface area contributed by atoms with Crippen molar-refractivity contribution >= 4 is 17.4 Å². The van der Waals surface area contributed by atoms with E-state index in [1.165, 1.54) is 25.6 Å². The number of hydrogen-bond acceptors (Lipinski definition) is 8. The molecule has 0 N–H and O–H groups in total. The molecule has 4 rings (SSSR count). The van der Waals surface area contributed by atoms with Crippen LogP contribution in [0, 0.1) is 0 Å². The summed E-state index contributed by atoms with van der Waals surface area (Å²) in [6.07, 6.45) is 8.26. The third kappa shape index (κ3) is 6.53. The Labute approximate surface area is 204 Å². The molecular formula is C24H32N6O3S. The van der Waals surface area contributed by atoms with Gasteiger partial charge in [-0.05, 0) is 41.8 Å². The van der Waals surface area contributed by atoms with Gasteiger partial charge in [0.1, 0.15) is 17.8 Å². The zero-order valence-corrected chi connectivity index (χ0v) is 20.4. The summed E-state index contributed by atoms with van der Waals surface area (Å²) in [5.74, 6) is 1.03. The Morgan fingerprint density at radius 2 is 1.94 bits per heavy atom. The summed E-state index contributed by atoms with van der Waals surface area (Å²) in [7, 11) is 0. The number of likely N-dealkylation sites (tertiary alicyclic amines) is 1. The number of amides is 1. The summed E-state index contributed by atoms with van der Waals surface area (Å²) < 4.78 is 13.2. The predicted octanol–water partition coefficient (Wildman–Crippen LogP) is 5.04. The molecule has 0 aliphatic carbocycles. The SMILES string of the molecule is CCCCCCCOC(=O)N1CCC(c2nc(C(Oc3ccccc3)n3cnnn3)cs2)CC1. The molecule has 1 aliphatic heterocycles. The molecule has 3 aromatic rings. The van der Waals surface area contributed by atoms with Crippen molar-refractivity contribution < 1.29 is 14.3 Å². The number of piperidine rings is 1. The van der Waals surface area contributed by atoms with Crippen LogP contribution in [0.3, 0.4) is 0 Å². The van der Waals surface area contributed by atoms with Gasteiger partial charge in [-0.3, -0.25) is 0 Å². The number of carbonyl (C=O) groups excluding carboxylic acids is 1. The number of para-hydroxylation sites is 1. The lowest BCUT2D eigenvalue weighted by Gasteiger charge is -2.30. The number of thiazole rings is 1. The van der Waals surface area contributed by atoms with Gasteiger partial charge in [0, 0.05) is 24.4 Å². The average Bonchev–Trinajstić information content (AvgIpc) is 3.58. The maximum Gasteiger partial charge on any atom is 0.409 e. The van der Waals surface area contributed by atoms with Crippen molar-refractivity contribution in [1.82, 2.24) is 30.1 Å². The molecule has 10 heteroatoms. The molecule has 3 heterocycles. The van der Waals surface area contributed by atoms with Crippen LogP contribution in [-0.2, 0) is 4.74 Å². The highest BCUT2D eigenvalue weighted by molar-refractivity contribution is 7.09. The largest absolute Gasteiger partial charge is 0.463 e. The average molecular weight is 485 g/mol. The van der Waals surface area contributed by atoms with Crippen LogP contribution in [0.1, 0.15) is 74.7 Å². The quantitative estimate of drug-likeness (QED) is 0.352. The van der Waals surface area contributed by atoms with Gasteiger partial charge in [0.25, 0.3) is 0 Å². The predicted molar refractivity (Wildman–Crippen MR) is 129 cm³/mol. The van der Waals surface area contributed by atoms with Gasteiger partial charge in [-0.1, -0.05) is 50.8 Å². The van der Waals surface area contributed by atoms with Crippen LogP contribution in [0.5, 0.6) is 5.75 Å². The van der Waals surface area contributed by atoms with E-state index >= 15 is 0 Å². The Morgan fingerprint density at radius 1 is 1.15 bits per heavy atom. The highest BCUT2D eigenvalue weighted by Gasteiger charge is 2.28. The molecule has 34 heavy (non-hydrogen) atoms. The standard InChI is InChI=1S/C24H32N6O3S/c1-2-3-4-5-9-16-32-24(31)29-14-12-19(13-15-29)22-26-21(17-34-22)23(30-18-25-27-28-30)33-20-10-7-6-8-11-20/h6-8,10-11,17-19,23H,2-5,9,12-16H2,1H3. The van der Waals surface area contributed by atoms with Crippen molar-refractivity contribution in [3.63, 3.8) is 0 Å². The fourth-order valence-electron chi connectivity index (χ4n) is 4.02. The van der Waals surface area contributed by atoms with Crippen molar-refractivity contribution in [2.45, 2.75) is 64.0 Å². The molecule has 1 unspecified atom stereocenters. The Morgan fingerprint density at radius 3 is 2.68 bits per heavy atom. The van der Waals surface area contributed by atoms with Gasteiger partial charge in [0.05, 0.1) is 11.6 Å². The maximum atomic E-state index is 12.4.